The Bertz CT molecular complexity index is 719. The number of amides is 2. The zero-order valence-corrected chi connectivity index (χ0v) is 13.9. The summed E-state index contributed by atoms with van der Waals surface area (Å²) < 4.78 is 0. The molecular weight excluding hydrogens is 306 g/mol. The van der Waals surface area contributed by atoms with Crippen LogP contribution in [0.3, 0.4) is 0 Å². The topological polar surface area (TPSA) is 81.3 Å². The van der Waals surface area contributed by atoms with Crippen LogP contribution in [0.2, 0.25) is 0 Å². The number of benzene rings is 1. The Balaban J connectivity index is 1.53. The molecule has 2 N–H and O–H groups in total. The molecule has 0 radical (unpaired) electrons. The third-order valence-electron chi connectivity index (χ3n) is 4.33. The number of H-pyrrole nitrogens is 1. The van der Waals surface area contributed by atoms with Gasteiger partial charge in [-0.2, -0.15) is 5.10 Å². The van der Waals surface area contributed by atoms with Crippen LogP contribution in [0.4, 0.5) is 0 Å². The Kier molecular flexibility index (Phi) is 5.10. The van der Waals surface area contributed by atoms with Crippen LogP contribution in [0, 0.1) is 0 Å². The monoisotopic (exact) mass is 329 g/mol. The van der Waals surface area contributed by atoms with Crippen LogP contribution in [0.1, 0.15) is 12.6 Å². The molecule has 1 aromatic heterocycles. The number of aromatic amines is 1. The molecule has 24 heavy (non-hydrogen) atoms. The smallest absolute Gasteiger partial charge is 0.234 e. The van der Waals surface area contributed by atoms with E-state index in [-0.39, 0.29) is 11.8 Å². The predicted octanol–water partition coefficient (Wildman–Crippen LogP) is 0.386. The van der Waals surface area contributed by atoms with E-state index in [1.165, 1.54) is 0 Å². The first-order valence-electron chi connectivity index (χ1n) is 8.36. The van der Waals surface area contributed by atoms with Crippen molar-refractivity contribution in [3.8, 4) is 0 Å². The average molecular weight is 329 g/mol. The van der Waals surface area contributed by atoms with E-state index in [1.54, 1.807) is 0 Å². The maximum Gasteiger partial charge on any atom is 0.234 e. The van der Waals surface area contributed by atoms with Crippen LogP contribution in [0.5, 0.6) is 0 Å². The van der Waals surface area contributed by atoms with Gasteiger partial charge in [-0.15, -0.1) is 0 Å². The van der Waals surface area contributed by atoms with Crippen LogP contribution in [-0.4, -0.2) is 71.1 Å². The number of likely N-dealkylation sites (N-methyl/N-ethyl adjacent to an activating group) is 1. The summed E-state index contributed by atoms with van der Waals surface area (Å²) in [7, 11) is 0. The van der Waals surface area contributed by atoms with Crippen molar-refractivity contribution in [3.05, 3.63) is 30.0 Å². The van der Waals surface area contributed by atoms with Gasteiger partial charge in [-0.25, -0.2) is 0 Å². The van der Waals surface area contributed by atoms with Crippen LogP contribution in [0.25, 0.3) is 10.9 Å². The number of hydrogen-bond donors (Lipinski definition) is 2. The molecule has 2 amide bonds. The number of para-hydroxylation sites is 1. The van der Waals surface area contributed by atoms with Gasteiger partial charge >= 0.3 is 0 Å². The number of piperazine rings is 1. The van der Waals surface area contributed by atoms with Gasteiger partial charge in [0.25, 0.3) is 0 Å². The van der Waals surface area contributed by atoms with Gasteiger partial charge < -0.3 is 10.2 Å². The number of nitrogens with zero attached hydrogens (tertiary/aromatic N) is 3. The highest BCUT2D eigenvalue weighted by molar-refractivity contribution is 5.87. The normalized spacial score (nSPS) is 15.6. The fourth-order valence-electron chi connectivity index (χ4n) is 3.02. The molecule has 2 aromatic rings. The lowest BCUT2D eigenvalue weighted by molar-refractivity contribution is -0.132. The second-order valence-corrected chi connectivity index (χ2v) is 6.01. The second-order valence-electron chi connectivity index (χ2n) is 6.01. The number of carbonyl (C=O) groups excluding carboxylic acids is 2. The molecule has 3 rings (SSSR count). The van der Waals surface area contributed by atoms with Crippen molar-refractivity contribution >= 4 is 22.7 Å². The fourth-order valence-corrected chi connectivity index (χ4v) is 3.02. The number of aromatic nitrogens is 2. The van der Waals surface area contributed by atoms with Gasteiger partial charge in [0, 0.05) is 38.1 Å². The van der Waals surface area contributed by atoms with E-state index in [9.17, 15) is 9.59 Å². The molecule has 1 aliphatic heterocycles. The van der Waals surface area contributed by atoms with Gasteiger partial charge in [0.1, 0.15) is 0 Å². The largest absolute Gasteiger partial charge is 0.355 e. The molecule has 128 valence electrons. The van der Waals surface area contributed by atoms with Crippen LogP contribution >= 0.6 is 0 Å². The predicted molar refractivity (Wildman–Crippen MR) is 91.5 cm³/mol. The third-order valence-corrected chi connectivity index (χ3v) is 4.33. The van der Waals surface area contributed by atoms with E-state index >= 15 is 0 Å². The molecule has 0 aliphatic carbocycles. The maximum absolute atomic E-state index is 12.5. The Hall–Kier alpha value is -2.41. The van der Waals surface area contributed by atoms with Gasteiger partial charge in [-0.05, 0) is 13.0 Å². The molecule has 1 fully saturated rings. The van der Waals surface area contributed by atoms with Gasteiger partial charge in [0.2, 0.25) is 11.8 Å². The Labute approximate surface area is 141 Å². The van der Waals surface area contributed by atoms with E-state index in [1.807, 2.05) is 36.1 Å². The summed E-state index contributed by atoms with van der Waals surface area (Å²) in [4.78, 5) is 28.1. The summed E-state index contributed by atoms with van der Waals surface area (Å²) in [5.41, 5.74) is 1.74. The molecule has 1 saturated heterocycles. The SMILES string of the molecule is CCNC(=O)CN1CCN(C(=O)Cc2[nH]nc3ccccc23)CC1. The zero-order valence-electron chi connectivity index (χ0n) is 13.9. The third kappa shape index (κ3) is 3.73. The quantitative estimate of drug-likeness (QED) is 0.831. The first-order valence-corrected chi connectivity index (χ1v) is 8.36. The zero-order chi connectivity index (χ0) is 16.9. The van der Waals surface area contributed by atoms with Gasteiger partial charge in [-0.3, -0.25) is 19.6 Å². The van der Waals surface area contributed by atoms with Gasteiger partial charge in [0.15, 0.2) is 0 Å². The molecule has 0 atom stereocenters. The summed E-state index contributed by atoms with van der Waals surface area (Å²) in [5, 5.41) is 11.0. The minimum Gasteiger partial charge on any atom is -0.355 e. The van der Waals surface area contributed by atoms with Crippen molar-refractivity contribution in [1.82, 2.24) is 25.3 Å². The van der Waals surface area contributed by atoms with Crippen molar-refractivity contribution in [2.75, 3.05) is 39.3 Å². The number of nitrogens with one attached hydrogen (secondary N) is 2. The second kappa shape index (κ2) is 7.44. The standard InChI is InChI=1S/C17H23N5O2/c1-2-18-16(23)12-21-7-9-22(10-8-21)17(24)11-15-13-5-3-4-6-14(13)19-20-15/h3-6H,2,7-12H2,1H3,(H,18,23)(H,19,20). The van der Waals surface area contributed by atoms with Crippen molar-refractivity contribution in [2.24, 2.45) is 0 Å². The van der Waals surface area contributed by atoms with E-state index in [2.05, 4.69) is 20.4 Å². The molecule has 0 bridgehead atoms. The van der Waals surface area contributed by atoms with Gasteiger partial charge in [-0.1, -0.05) is 18.2 Å². The molecule has 0 spiro atoms. The highest BCUT2D eigenvalue weighted by atomic mass is 16.2. The molecule has 7 heteroatoms. The molecular formula is C17H23N5O2. The van der Waals surface area contributed by atoms with Crippen molar-refractivity contribution in [1.29, 1.82) is 0 Å². The maximum atomic E-state index is 12.5. The molecule has 0 unspecified atom stereocenters. The molecule has 1 aromatic carbocycles. The lowest BCUT2D eigenvalue weighted by Crippen LogP contribution is -2.51. The van der Waals surface area contributed by atoms with Crippen molar-refractivity contribution < 1.29 is 9.59 Å². The summed E-state index contributed by atoms with van der Waals surface area (Å²) in [6.07, 6.45) is 0.330. The van der Waals surface area contributed by atoms with E-state index < -0.39 is 0 Å². The summed E-state index contributed by atoms with van der Waals surface area (Å²) in [6.45, 7) is 5.73. The molecule has 2 heterocycles. The Morgan fingerprint density at radius 2 is 1.96 bits per heavy atom. The van der Waals surface area contributed by atoms with Gasteiger partial charge in [0.05, 0.1) is 24.2 Å². The van der Waals surface area contributed by atoms with Crippen molar-refractivity contribution in [3.63, 3.8) is 0 Å². The minimum absolute atomic E-state index is 0.0428. The lowest BCUT2D eigenvalue weighted by Gasteiger charge is -2.34. The lowest BCUT2D eigenvalue weighted by atomic mass is 10.1. The van der Waals surface area contributed by atoms with E-state index in [4.69, 9.17) is 0 Å². The van der Waals surface area contributed by atoms with Crippen LogP contribution in [-0.2, 0) is 16.0 Å². The number of hydrogen-bond acceptors (Lipinski definition) is 4. The highest BCUT2D eigenvalue weighted by Gasteiger charge is 2.23. The molecule has 7 nitrogen and oxygen atoms in total. The van der Waals surface area contributed by atoms with Crippen molar-refractivity contribution in [2.45, 2.75) is 13.3 Å². The number of rotatable bonds is 5. The number of fused-ring (bicyclic) bond motifs is 1. The summed E-state index contributed by atoms with van der Waals surface area (Å²) in [6, 6.07) is 7.79. The van der Waals surface area contributed by atoms with Crippen LogP contribution < -0.4 is 5.32 Å². The first kappa shape index (κ1) is 16.4. The summed E-state index contributed by atoms with van der Waals surface area (Å²) in [5.74, 6) is 0.142. The molecule has 0 saturated carbocycles. The minimum atomic E-state index is 0.0428. The highest BCUT2D eigenvalue weighted by Crippen LogP contribution is 2.16. The van der Waals surface area contributed by atoms with Crippen LogP contribution in [0.15, 0.2) is 24.3 Å². The average Bonchev–Trinajstić information content (AvgIpc) is 2.99. The van der Waals surface area contributed by atoms with E-state index in [0.717, 1.165) is 29.7 Å². The summed E-state index contributed by atoms with van der Waals surface area (Å²) >= 11 is 0. The Morgan fingerprint density at radius 3 is 2.71 bits per heavy atom. The molecule has 1 aliphatic rings. The Morgan fingerprint density at radius 1 is 1.21 bits per heavy atom. The van der Waals surface area contributed by atoms with E-state index in [0.29, 0.717) is 32.6 Å². The first-order chi connectivity index (χ1) is 11.7. The number of carbonyl (C=O) groups is 2. The fraction of sp³-hybridized carbons (Fsp3) is 0.471.